The minimum Gasteiger partial charge on any atom is -0.489 e. The summed E-state index contributed by atoms with van der Waals surface area (Å²) in [6.07, 6.45) is 1.07. The molecule has 2 unspecified atom stereocenters. The van der Waals surface area contributed by atoms with Gasteiger partial charge in [0.1, 0.15) is 24.0 Å². The van der Waals surface area contributed by atoms with Crippen LogP contribution in [0.2, 0.25) is 0 Å². The largest absolute Gasteiger partial charge is 0.489 e. The molecule has 3 aliphatic heterocycles. The van der Waals surface area contributed by atoms with Crippen molar-refractivity contribution in [3.05, 3.63) is 94.6 Å². The number of nitrogens with one attached hydrogen (secondary N) is 1. The summed E-state index contributed by atoms with van der Waals surface area (Å²) >= 11 is 0. The van der Waals surface area contributed by atoms with E-state index in [0.717, 1.165) is 56.6 Å². The quantitative estimate of drug-likeness (QED) is 0.346. The number of piperidine rings is 1. The van der Waals surface area contributed by atoms with Gasteiger partial charge in [-0.05, 0) is 73.2 Å². The molecule has 0 aliphatic carbocycles. The molecule has 0 radical (unpaired) electrons. The number of hydrogen-bond donors (Lipinski definition) is 1. The fourth-order valence-electron chi connectivity index (χ4n) is 6.75. The van der Waals surface area contributed by atoms with E-state index in [1.54, 1.807) is 12.1 Å². The second-order valence-corrected chi connectivity index (χ2v) is 11.4. The van der Waals surface area contributed by atoms with Crippen LogP contribution in [0.15, 0.2) is 60.7 Å². The van der Waals surface area contributed by atoms with Crippen molar-refractivity contribution in [3.8, 4) is 5.75 Å². The molecule has 4 nitrogen and oxygen atoms in total. The molecule has 3 aliphatic rings. The van der Waals surface area contributed by atoms with Gasteiger partial charge in [-0.15, -0.1) is 0 Å². The van der Waals surface area contributed by atoms with Crippen LogP contribution in [0.5, 0.6) is 5.75 Å². The molecule has 2 saturated heterocycles. The molecule has 6 rings (SSSR count). The molecule has 0 aromatic heterocycles. The number of nitrogens with zero attached hydrogens (tertiary/aromatic N) is 2. The Morgan fingerprint density at radius 1 is 0.975 bits per heavy atom. The van der Waals surface area contributed by atoms with Crippen LogP contribution in [0.4, 0.5) is 23.2 Å². The standard InChI is InChI=1S/C32H35F4N3O/c33-27-16-24(39-14-11-32(21-39)10-4-12-37-20-32)17-28(34)30(27)31-26-8-7-25(40-19-22-5-2-1-3-6-22)15-23(26)9-13-38(31)18-29(35)36/h1-3,5-8,15-17,29,31,37H,4,9-14,18-21H2. The van der Waals surface area contributed by atoms with Gasteiger partial charge in [0.25, 0.3) is 6.43 Å². The number of rotatable bonds is 7. The first-order chi connectivity index (χ1) is 19.4. The summed E-state index contributed by atoms with van der Waals surface area (Å²) in [6, 6.07) is 17.0. The van der Waals surface area contributed by atoms with Crippen LogP contribution in [-0.4, -0.2) is 50.6 Å². The van der Waals surface area contributed by atoms with E-state index in [2.05, 4.69) is 10.2 Å². The van der Waals surface area contributed by atoms with Crippen LogP contribution in [0, 0.1) is 17.0 Å². The lowest BCUT2D eigenvalue weighted by molar-refractivity contribution is 0.0686. The van der Waals surface area contributed by atoms with Crippen molar-refractivity contribution in [2.75, 3.05) is 44.2 Å². The van der Waals surface area contributed by atoms with Gasteiger partial charge in [0.15, 0.2) is 0 Å². The predicted molar refractivity (Wildman–Crippen MR) is 148 cm³/mol. The van der Waals surface area contributed by atoms with Crippen molar-refractivity contribution in [1.29, 1.82) is 0 Å². The van der Waals surface area contributed by atoms with Crippen molar-refractivity contribution in [3.63, 3.8) is 0 Å². The number of benzene rings is 3. The van der Waals surface area contributed by atoms with Crippen molar-refractivity contribution >= 4 is 5.69 Å². The molecule has 3 heterocycles. The van der Waals surface area contributed by atoms with Crippen molar-refractivity contribution in [2.24, 2.45) is 5.41 Å². The molecule has 3 aromatic carbocycles. The van der Waals surface area contributed by atoms with E-state index in [1.807, 2.05) is 36.4 Å². The highest BCUT2D eigenvalue weighted by Gasteiger charge is 2.40. The SMILES string of the molecule is Fc1cc(N2CCC3(CCCNC3)C2)cc(F)c1C1c2ccc(OCc3ccccc3)cc2CCN1CC(F)F. The molecular formula is C32H35F4N3O. The average molecular weight is 554 g/mol. The maximum atomic E-state index is 15.9. The molecule has 40 heavy (non-hydrogen) atoms. The van der Waals surface area contributed by atoms with Gasteiger partial charge in [-0.1, -0.05) is 36.4 Å². The predicted octanol–water partition coefficient (Wildman–Crippen LogP) is 6.34. The lowest BCUT2D eigenvalue weighted by Crippen LogP contribution is -2.42. The van der Waals surface area contributed by atoms with Crippen LogP contribution < -0.4 is 15.0 Å². The van der Waals surface area contributed by atoms with Crippen molar-refractivity contribution in [1.82, 2.24) is 10.2 Å². The van der Waals surface area contributed by atoms with Crippen LogP contribution in [-0.2, 0) is 13.0 Å². The summed E-state index contributed by atoms with van der Waals surface area (Å²) < 4.78 is 64.9. The van der Waals surface area contributed by atoms with Crippen LogP contribution in [0.3, 0.4) is 0 Å². The summed E-state index contributed by atoms with van der Waals surface area (Å²) in [6.45, 7) is 3.54. The fraction of sp³-hybridized carbons (Fsp3) is 0.438. The van der Waals surface area contributed by atoms with E-state index < -0.39 is 30.6 Å². The van der Waals surface area contributed by atoms with Crippen LogP contribution in [0.1, 0.15) is 47.6 Å². The van der Waals surface area contributed by atoms with Gasteiger partial charge in [-0.25, -0.2) is 17.6 Å². The first kappa shape index (κ1) is 27.1. The van der Waals surface area contributed by atoms with Crippen LogP contribution in [0.25, 0.3) is 0 Å². The Hall–Kier alpha value is -3.10. The number of alkyl halides is 2. The normalized spacial score (nSPS) is 23.1. The van der Waals surface area contributed by atoms with Gasteiger partial charge >= 0.3 is 0 Å². The molecule has 0 bridgehead atoms. The Balaban J connectivity index is 1.29. The number of hydrogen-bond acceptors (Lipinski definition) is 4. The highest BCUT2D eigenvalue weighted by Crippen LogP contribution is 2.42. The lowest BCUT2D eigenvalue weighted by Gasteiger charge is -2.38. The maximum absolute atomic E-state index is 15.9. The van der Waals surface area contributed by atoms with E-state index in [9.17, 15) is 8.78 Å². The lowest BCUT2D eigenvalue weighted by atomic mass is 9.80. The van der Waals surface area contributed by atoms with E-state index in [-0.39, 0.29) is 17.5 Å². The first-order valence-electron chi connectivity index (χ1n) is 14.2. The van der Waals surface area contributed by atoms with Gasteiger partial charge in [0.2, 0.25) is 0 Å². The van der Waals surface area contributed by atoms with E-state index in [0.29, 0.717) is 30.0 Å². The van der Waals surface area contributed by atoms with E-state index in [4.69, 9.17) is 4.74 Å². The second-order valence-electron chi connectivity index (χ2n) is 11.4. The number of ether oxygens (including phenoxy) is 1. The Kier molecular flexibility index (Phi) is 7.73. The Morgan fingerprint density at radius 3 is 2.50 bits per heavy atom. The summed E-state index contributed by atoms with van der Waals surface area (Å²) in [5.74, 6) is -0.751. The zero-order valence-electron chi connectivity index (χ0n) is 22.5. The van der Waals surface area contributed by atoms with Gasteiger partial charge < -0.3 is 15.0 Å². The number of anilines is 1. The van der Waals surface area contributed by atoms with E-state index in [1.165, 1.54) is 17.0 Å². The summed E-state index contributed by atoms with van der Waals surface area (Å²) in [4.78, 5) is 3.56. The second kappa shape index (κ2) is 11.4. The average Bonchev–Trinajstić information content (AvgIpc) is 3.36. The summed E-state index contributed by atoms with van der Waals surface area (Å²) in [5, 5.41) is 3.46. The van der Waals surface area contributed by atoms with Gasteiger partial charge in [-0.3, -0.25) is 4.90 Å². The third kappa shape index (κ3) is 5.56. The smallest absolute Gasteiger partial charge is 0.251 e. The minimum absolute atomic E-state index is 0.139. The first-order valence-corrected chi connectivity index (χ1v) is 14.2. The summed E-state index contributed by atoms with van der Waals surface area (Å²) in [7, 11) is 0. The Morgan fingerprint density at radius 2 is 1.77 bits per heavy atom. The molecule has 1 N–H and O–H groups in total. The maximum Gasteiger partial charge on any atom is 0.251 e. The van der Waals surface area contributed by atoms with Gasteiger partial charge in [-0.2, -0.15) is 0 Å². The highest BCUT2D eigenvalue weighted by molar-refractivity contribution is 5.53. The topological polar surface area (TPSA) is 27.7 Å². The number of halogens is 4. The molecule has 3 aromatic rings. The third-order valence-corrected chi connectivity index (χ3v) is 8.76. The molecule has 1 spiro atoms. The van der Waals surface area contributed by atoms with Gasteiger partial charge in [0.05, 0.1) is 12.6 Å². The minimum atomic E-state index is -2.62. The molecule has 2 fully saturated rings. The molecular weight excluding hydrogens is 518 g/mol. The van der Waals surface area contributed by atoms with Crippen molar-refractivity contribution < 1.29 is 22.3 Å². The molecule has 8 heteroatoms. The zero-order chi connectivity index (χ0) is 27.7. The highest BCUT2D eigenvalue weighted by atomic mass is 19.3. The Bertz CT molecular complexity index is 1310. The van der Waals surface area contributed by atoms with E-state index >= 15 is 8.78 Å². The fourth-order valence-corrected chi connectivity index (χ4v) is 6.75. The monoisotopic (exact) mass is 553 g/mol. The summed E-state index contributed by atoms with van der Waals surface area (Å²) in [5.41, 5.74) is 3.00. The zero-order valence-corrected chi connectivity index (χ0v) is 22.5. The molecule has 212 valence electrons. The Labute approximate surface area is 232 Å². The molecule has 2 atom stereocenters. The molecule has 0 saturated carbocycles. The molecule has 0 amide bonds. The van der Waals surface area contributed by atoms with Crippen molar-refractivity contribution in [2.45, 2.75) is 44.8 Å². The third-order valence-electron chi connectivity index (χ3n) is 8.76. The number of fused-ring (bicyclic) bond motifs is 1. The van der Waals surface area contributed by atoms with Crippen LogP contribution >= 0.6 is 0 Å². The van der Waals surface area contributed by atoms with Gasteiger partial charge in [0, 0.05) is 42.8 Å².